The maximum absolute atomic E-state index is 14.4. The minimum absolute atomic E-state index is 0.100. The topological polar surface area (TPSA) is 66.8 Å². The average molecular weight is 416 g/mol. The fraction of sp³-hybridized carbons (Fsp3) is 0.955. The second-order valence-electron chi connectivity index (χ2n) is 11.4. The van der Waals surface area contributed by atoms with E-state index >= 15 is 0 Å². The summed E-state index contributed by atoms with van der Waals surface area (Å²) in [5.41, 5.74) is -5.48. The molecule has 6 aliphatic rings. The van der Waals surface area contributed by atoms with Crippen molar-refractivity contribution in [1.82, 2.24) is 0 Å². The van der Waals surface area contributed by atoms with Crippen molar-refractivity contribution in [2.24, 2.45) is 40.9 Å². The Kier molecular flexibility index (Phi) is 3.82. The molecular formula is C22H31F3O4. The number of alkyl halides is 3. The molecule has 0 aromatic carbocycles. The number of hydrogen-bond acceptors (Lipinski definition) is 4. The van der Waals surface area contributed by atoms with Gasteiger partial charge in [0.2, 0.25) is 0 Å². The quantitative estimate of drug-likeness (QED) is 0.672. The lowest BCUT2D eigenvalue weighted by atomic mass is 9.47. The number of ether oxygens (including phenoxy) is 1. The van der Waals surface area contributed by atoms with Crippen molar-refractivity contribution in [1.29, 1.82) is 0 Å². The lowest BCUT2D eigenvalue weighted by Crippen LogP contribution is -2.69. The van der Waals surface area contributed by atoms with Gasteiger partial charge in [0, 0.05) is 18.3 Å². The summed E-state index contributed by atoms with van der Waals surface area (Å²) in [6.45, 7) is 5.55. The Bertz CT molecular complexity index is 711. The van der Waals surface area contributed by atoms with E-state index in [9.17, 15) is 28.2 Å². The van der Waals surface area contributed by atoms with Crippen molar-refractivity contribution in [3.8, 4) is 0 Å². The minimum Gasteiger partial charge on any atom is -0.458 e. The van der Waals surface area contributed by atoms with Crippen LogP contribution in [-0.4, -0.2) is 39.2 Å². The molecule has 2 N–H and O–H groups in total. The number of rotatable bonds is 2. The van der Waals surface area contributed by atoms with Gasteiger partial charge in [-0.15, -0.1) is 0 Å². The highest BCUT2D eigenvalue weighted by Crippen LogP contribution is 2.68. The van der Waals surface area contributed by atoms with Crippen LogP contribution in [0.3, 0.4) is 0 Å². The molecule has 6 bridgehead atoms. The van der Waals surface area contributed by atoms with E-state index in [1.165, 1.54) is 0 Å². The summed E-state index contributed by atoms with van der Waals surface area (Å²) in [6.07, 6.45) is -2.60. The lowest BCUT2D eigenvalue weighted by Gasteiger charge is -2.64. The van der Waals surface area contributed by atoms with Crippen LogP contribution in [-0.2, 0) is 9.53 Å². The molecule has 29 heavy (non-hydrogen) atoms. The monoisotopic (exact) mass is 416 g/mol. The van der Waals surface area contributed by atoms with Gasteiger partial charge in [-0.3, -0.25) is 4.79 Å². The van der Waals surface area contributed by atoms with E-state index in [1.54, 1.807) is 6.92 Å². The van der Waals surface area contributed by atoms with E-state index in [1.807, 2.05) is 13.8 Å². The molecule has 164 valence electrons. The number of esters is 1. The van der Waals surface area contributed by atoms with Crippen molar-refractivity contribution >= 4 is 5.97 Å². The largest absolute Gasteiger partial charge is 0.458 e. The second kappa shape index (κ2) is 5.50. The van der Waals surface area contributed by atoms with Gasteiger partial charge < -0.3 is 14.9 Å². The molecule has 0 saturated heterocycles. The first-order valence-corrected chi connectivity index (χ1v) is 11.0. The molecule has 0 heterocycles. The number of carbonyl (C=O) groups is 1. The minimum atomic E-state index is -4.64. The maximum Gasteiger partial charge on any atom is 0.405 e. The fourth-order valence-electron chi connectivity index (χ4n) is 8.36. The van der Waals surface area contributed by atoms with Gasteiger partial charge in [-0.2, -0.15) is 13.2 Å². The molecule has 0 aliphatic heterocycles. The summed E-state index contributed by atoms with van der Waals surface area (Å²) < 4.78 is 49.1. The Labute approximate surface area is 169 Å². The molecule has 5 atom stereocenters. The third-order valence-corrected chi connectivity index (χ3v) is 9.95. The highest BCUT2D eigenvalue weighted by Gasteiger charge is 2.75. The molecule has 6 aliphatic carbocycles. The zero-order valence-electron chi connectivity index (χ0n) is 17.3. The van der Waals surface area contributed by atoms with E-state index in [0.29, 0.717) is 38.5 Å². The SMILES string of the molecule is CC1C2CC(C1C)C(C(=O)OC1(C)C3CC4(O)CC1CC(O)(C3)C4)(C(F)(F)F)C2. The van der Waals surface area contributed by atoms with Gasteiger partial charge in [-0.25, -0.2) is 0 Å². The summed E-state index contributed by atoms with van der Waals surface area (Å²) >= 11 is 0. The third kappa shape index (κ3) is 2.43. The van der Waals surface area contributed by atoms with Crippen LogP contribution in [0, 0.1) is 40.9 Å². The van der Waals surface area contributed by atoms with Gasteiger partial charge >= 0.3 is 12.1 Å². The Morgan fingerprint density at radius 3 is 1.90 bits per heavy atom. The van der Waals surface area contributed by atoms with Crippen molar-refractivity contribution in [3.63, 3.8) is 0 Å². The molecule has 5 unspecified atom stereocenters. The Hall–Kier alpha value is -0.820. The van der Waals surface area contributed by atoms with Crippen LogP contribution < -0.4 is 0 Å². The lowest BCUT2D eigenvalue weighted by molar-refractivity contribution is -0.294. The zero-order valence-corrected chi connectivity index (χ0v) is 17.3. The number of halogens is 3. The Morgan fingerprint density at radius 2 is 1.48 bits per heavy atom. The number of fused-ring (bicyclic) bond motifs is 2. The third-order valence-electron chi connectivity index (χ3n) is 9.95. The Morgan fingerprint density at radius 1 is 0.966 bits per heavy atom. The van der Waals surface area contributed by atoms with Crippen LogP contribution in [0.15, 0.2) is 0 Å². The molecule has 6 saturated carbocycles. The molecule has 4 nitrogen and oxygen atoms in total. The summed E-state index contributed by atoms with van der Waals surface area (Å²) in [4.78, 5) is 13.3. The standard InChI is InChI=1S/C22H31F3O4/c1-11-12(2)16-4-13(11)5-21(16,22(23,24)25)17(26)29-18(3)14-6-19(27)8-15(18)9-20(28,7-14)10-19/h11-16,27-28H,4-10H2,1-3H3. The van der Waals surface area contributed by atoms with Crippen LogP contribution in [0.2, 0.25) is 0 Å². The first-order chi connectivity index (χ1) is 13.2. The molecule has 6 rings (SSSR count). The van der Waals surface area contributed by atoms with Crippen molar-refractivity contribution in [2.75, 3.05) is 0 Å². The van der Waals surface area contributed by atoms with Crippen molar-refractivity contribution in [3.05, 3.63) is 0 Å². The molecular weight excluding hydrogens is 385 g/mol. The van der Waals surface area contributed by atoms with E-state index in [-0.39, 0.29) is 36.0 Å². The first kappa shape index (κ1) is 20.1. The second-order valence-corrected chi connectivity index (χ2v) is 11.4. The van der Waals surface area contributed by atoms with E-state index in [0.717, 1.165) is 0 Å². The smallest absolute Gasteiger partial charge is 0.405 e. The van der Waals surface area contributed by atoms with Crippen molar-refractivity contribution in [2.45, 2.75) is 88.7 Å². The van der Waals surface area contributed by atoms with Crippen LogP contribution in [0.5, 0.6) is 0 Å². The summed E-state index contributed by atoms with van der Waals surface area (Å²) in [5.74, 6) is -2.57. The maximum atomic E-state index is 14.4. The molecule has 6 fully saturated rings. The van der Waals surface area contributed by atoms with Crippen LogP contribution >= 0.6 is 0 Å². The predicted octanol–water partition coefficient (Wildman–Crippen LogP) is 3.83. The van der Waals surface area contributed by atoms with Gasteiger partial charge in [-0.1, -0.05) is 13.8 Å². The first-order valence-electron chi connectivity index (χ1n) is 11.0. The van der Waals surface area contributed by atoms with Gasteiger partial charge in [0.15, 0.2) is 5.41 Å². The molecule has 0 aromatic rings. The van der Waals surface area contributed by atoms with Crippen LogP contribution in [0.1, 0.15) is 65.7 Å². The number of hydrogen-bond donors (Lipinski definition) is 2. The molecule has 0 radical (unpaired) electrons. The normalized spacial score (nSPS) is 58.1. The van der Waals surface area contributed by atoms with E-state index in [2.05, 4.69) is 0 Å². The van der Waals surface area contributed by atoms with E-state index in [4.69, 9.17) is 4.74 Å². The molecule has 0 aromatic heterocycles. The fourth-order valence-corrected chi connectivity index (χ4v) is 8.36. The van der Waals surface area contributed by atoms with Crippen molar-refractivity contribution < 1.29 is 32.9 Å². The van der Waals surface area contributed by atoms with Crippen LogP contribution in [0.4, 0.5) is 13.2 Å². The predicted molar refractivity (Wildman–Crippen MR) is 97.5 cm³/mol. The van der Waals surface area contributed by atoms with E-state index < -0.39 is 40.3 Å². The molecule has 0 spiro atoms. The number of carbonyl (C=O) groups excluding carboxylic acids is 1. The van der Waals surface area contributed by atoms with Gasteiger partial charge in [0.05, 0.1) is 11.2 Å². The van der Waals surface area contributed by atoms with Gasteiger partial charge in [0.1, 0.15) is 5.60 Å². The molecule has 0 amide bonds. The van der Waals surface area contributed by atoms with Gasteiger partial charge in [0.25, 0.3) is 0 Å². The van der Waals surface area contributed by atoms with Gasteiger partial charge in [-0.05, 0) is 69.1 Å². The highest BCUT2D eigenvalue weighted by atomic mass is 19.4. The highest BCUT2D eigenvalue weighted by molar-refractivity contribution is 5.80. The zero-order chi connectivity index (χ0) is 21.2. The average Bonchev–Trinajstić information content (AvgIpc) is 3.08. The molecule has 7 heteroatoms. The summed E-state index contributed by atoms with van der Waals surface area (Å²) in [7, 11) is 0. The number of aliphatic hydroxyl groups is 2. The van der Waals surface area contributed by atoms with Crippen LogP contribution in [0.25, 0.3) is 0 Å². The summed E-state index contributed by atoms with van der Waals surface area (Å²) in [6, 6.07) is 0. The summed E-state index contributed by atoms with van der Waals surface area (Å²) in [5, 5.41) is 21.6. The Balaban J connectivity index is 1.47.